The highest BCUT2D eigenvalue weighted by atomic mass is 35.5. The second-order valence-electron chi connectivity index (χ2n) is 5.87. The fraction of sp³-hybridized carbons (Fsp3) is 0.222. The van der Waals surface area contributed by atoms with Crippen molar-refractivity contribution < 1.29 is 22.7 Å². The number of alkyl halides is 3. The minimum Gasteiger partial charge on any atom is -0.486 e. The predicted octanol–water partition coefficient (Wildman–Crippen LogP) is 4.20. The van der Waals surface area contributed by atoms with Gasteiger partial charge in [-0.1, -0.05) is 17.7 Å². The van der Waals surface area contributed by atoms with E-state index in [2.05, 4.69) is 20.8 Å². The molecule has 0 atom stereocenters. The molecule has 1 heterocycles. The molecule has 1 aromatic heterocycles. The van der Waals surface area contributed by atoms with Crippen molar-refractivity contribution in [2.45, 2.75) is 26.3 Å². The van der Waals surface area contributed by atoms with E-state index in [-0.39, 0.29) is 22.9 Å². The lowest BCUT2D eigenvalue weighted by Crippen LogP contribution is -2.14. The number of carbonyl (C=O) groups is 1. The minimum absolute atomic E-state index is 0.00911. The van der Waals surface area contributed by atoms with Crippen LogP contribution in [0.2, 0.25) is 5.02 Å². The van der Waals surface area contributed by atoms with Gasteiger partial charge in [0, 0.05) is 12.1 Å². The molecule has 0 bridgehead atoms. The van der Waals surface area contributed by atoms with E-state index in [1.54, 1.807) is 16.8 Å². The van der Waals surface area contributed by atoms with Crippen molar-refractivity contribution in [1.82, 2.24) is 20.2 Å². The van der Waals surface area contributed by atoms with Gasteiger partial charge in [0.2, 0.25) is 0 Å². The molecule has 152 valence electrons. The van der Waals surface area contributed by atoms with E-state index in [0.717, 1.165) is 18.2 Å². The smallest absolute Gasteiger partial charge is 0.416 e. The van der Waals surface area contributed by atoms with E-state index in [4.69, 9.17) is 16.3 Å². The van der Waals surface area contributed by atoms with E-state index in [1.807, 2.05) is 6.92 Å². The average molecular weight is 426 g/mol. The highest BCUT2D eigenvalue weighted by molar-refractivity contribution is 6.34. The Kier molecular flexibility index (Phi) is 6.02. The van der Waals surface area contributed by atoms with Crippen molar-refractivity contribution in [3.8, 4) is 5.75 Å². The molecule has 0 unspecified atom stereocenters. The number of nitrogens with one attached hydrogen (secondary N) is 1. The van der Waals surface area contributed by atoms with Gasteiger partial charge >= 0.3 is 6.18 Å². The number of hydrogen-bond donors (Lipinski definition) is 1. The molecule has 1 N–H and O–H groups in total. The Labute approximate surface area is 168 Å². The van der Waals surface area contributed by atoms with Gasteiger partial charge in [-0.3, -0.25) is 4.79 Å². The number of benzene rings is 2. The summed E-state index contributed by atoms with van der Waals surface area (Å²) in [6.07, 6.45) is -4.55. The van der Waals surface area contributed by atoms with E-state index >= 15 is 0 Å². The number of aryl methyl sites for hydroxylation is 1. The third kappa shape index (κ3) is 5.02. The zero-order valence-corrected chi connectivity index (χ0v) is 15.8. The standard InChI is InChI=1S/C18H15ClF3N5O2/c1-2-27-16(24-25-26-27)10-29-13-5-3-4-11(8-13)17(28)23-15-9-12(18(20,21)22)6-7-14(15)19/h3-9H,2,10H2,1H3,(H,23,28). The van der Waals surface area contributed by atoms with Gasteiger partial charge in [-0.2, -0.15) is 13.2 Å². The maximum Gasteiger partial charge on any atom is 0.416 e. The number of amides is 1. The summed E-state index contributed by atoms with van der Waals surface area (Å²) >= 11 is 5.92. The van der Waals surface area contributed by atoms with Gasteiger partial charge in [0.05, 0.1) is 16.3 Å². The summed E-state index contributed by atoms with van der Waals surface area (Å²) in [5.74, 6) is 0.256. The van der Waals surface area contributed by atoms with Crippen LogP contribution in [0.15, 0.2) is 42.5 Å². The fourth-order valence-electron chi connectivity index (χ4n) is 2.44. The first kappa shape index (κ1) is 20.6. The lowest BCUT2D eigenvalue weighted by Gasteiger charge is -2.12. The first-order chi connectivity index (χ1) is 13.8. The van der Waals surface area contributed by atoms with Gasteiger partial charge < -0.3 is 10.1 Å². The van der Waals surface area contributed by atoms with Crippen LogP contribution in [0.25, 0.3) is 0 Å². The zero-order valence-electron chi connectivity index (χ0n) is 15.1. The molecule has 0 aliphatic carbocycles. The number of rotatable bonds is 6. The van der Waals surface area contributed by atoms with E-state index in [0.29, 0.717) is 18.1 Å². The summed E-state index contributed by atoms with van der Waals surface area (Å²) in [6.45, 7) is 2.54. The van der Waals surface area contributed by atoms with Crippen molar-refractivity contribution in [2.24, 2.45) is 0 Å². The summed E-state index contributed by atoms with van der Waals surface area (Å²) in [5.41, 5.74) is -0.867. The lowest BCUT2D eigenvalue weighted by atomic mass is 10.1. The molecule has 3 aromatic rings. The molecule has 7 nitrogen and oxygen atoms in total. The van der Waals surface area contributed by atoms with Crippen molar-refractivity contribution in [1.29, 1.82) is 0 Å². The van der Waals surface area contributed by atoms with Gasteiger partial charge in [0.15, 0.2) is 5.82 Å². The summed E-state index contributed by atoms with van der Waals surface area (Å²) in [6, 6.07) is 8.88. The van der Waals surface area contributed by atoms with Crippen LogP contribution < -0.4 is 10.1 Å². The number of carbonyl (C=O) groups excluding carboxylic acids is 1. The topological polar surface area (TPSA) is 81.9 Å². The molecule has 29 heavy (non-hydrogen) atoms. The molecule has 1 amide bonds. The van der Waals surface area contributed by atoms with Gasteiger partial charge in [0.1, 0.15) is 12.4 Å². The lowest BCUT2D eigenvalue weighted by molar-refractivity contribution is -0.137. The predicted molar refractivity (Wildman–Crippen MR) is 98.7 cm³/mol. The molecular formula is C18H15ClF3N5O2. The second kappa shape index (κ2) is 8.48. The van der Waals surface area contributed by atoms with Crippen LogP contribution in [0.3, 0.4) is 0 Å². The van der Waals surface area contributed by atoms with Crippen molar-refractivity contribution in [3.63, 3.8) is 0 Å². The summed E-state index contributed by atoms with van der Waals surface area (Å²) < 4.78 is 45.8. The van der Waals surface area contributed by atoms with Crippen LogP contribution in [0, 0.1) is 0 Å². The highest BCUT2D eigenvalue weighted by Gasteiger charge is 2.31. The molecule has 0 fully saturated rings. The van der Waals surface area contributed by atoms with Crippen molar-refractivity contribution >= 4 is 23.2 Å². The minimum atomic E-state index is -4.55. The Morgan fingerprint density at radius 3 is 2.76 bits per heavy atom. The number of nitrogens with zero attached hydrogens (tertiary/aromatic N) is 4. The van der Waals surface area contributed by atoms with Gasteiger partial charge in [0.25, 0.3) is 5.91 Å². The molecule has 11 heteroatoms. The summed E-state index contributed by atoms with van der Waals surface area (Å²) in [5, 5.41) is 13.6. The number of ether oxygens (including phenoxy) is 1. The largest absolute Gasteiger partial charge is 0.486 e. The Morgan fingerprint density at radius 1 is 1.24 bits per heavy atom. The summed E-state index contributed by atoms with van der Waals surface area (Å²) in [7, 11) is 0. The normalized spacial score (nSPS) is 11.3. The fourth-order valence-corrected chi connectivity index (χ4v) is 2.60. The molecule has 0 spiro atoms. The molecule has 0 saturated heterocycles. The molecule has 2 aromatic carbocycles. The Morgan fingerprint density at radius 2 is 2.03 bits per heavy atom. The van der Waals surface area contributed by atoms with Crippen LogP contribution in [-0.4, -0.2) is 26.1 Å². The quantitative estimate of drug-likeness (QED) is 0.640. The van der Waals surface area contributed by atoms with Crippen molar-refractivity contribution in [2.75, 3.05) is 5.32 Å². The average Bonchev–Trinajstić information content (AvgIpc) is 3.15. The number of halogens is 4. The number of aromatic nitrogens is 4. The third-order valence-corrected chi connectivity index (χ3v) is 4.24. The molecule has 0 aliphatic heterocycles. The maximum absolute atomic E-state index is 12.9. The maximum atomic E-state index is 12.9. The van der Waals surface area contributed by atoms with E-state index < -0.39 is 17.6 Å². The number of tetrazole rings is 1. The number of anilines is 1. The zero-order chi connectivity index (χ0) is 21.0. The molecule has 0 saturated carbocycles. The van der Waals surface area contributed by atoms with Gasteiger partial charge in [-0.25, -0.2) is 4.68 Å². The molecule has 3 rings (SSSR count). The highest BCUT2D eigenvalue weighted by Crippen LogP contribution is 2.34. The SMILES string of the molecule is CCn1nnnc1COc1cccc(C(=O)Nc2cc(C(F)(F)F)ccc2Cl)c1. The van der Waals surface area contributed by atoms with Crippen LogP contribution in [0.4, 0.5) is 18.9 Å². The van der Waals surface area contributed by atoms with E-state index in [9.17, 15) is 18.0 Å². The van der Waals surface area contributed by atoms with Gasteiger partial charge in [-0.15, -0.1) is 5.10 Å². The van der Waals surface area contributed by atoms with Gasteiger partial charge in [-0.05, 0) is 53.7 Å². The first-order valence-electron chi connectivity index (χ1n) is 8.44. The van der Waals surface area contributed by atoms with Crippen LogP contribution in [-0.2, 0) is 19.3 Å². The number of hydrogen-bond acceptors (Lipinski definition) is 5. The van der Waals surface area contributed by atoms with Crippen LogP contribution in [0.5, 0.6) is 5.75 Å². The molecular weight excluding hydrogens is 411 g/mol. The second-order valence-corrected chi connectivity index (χ2v) is 6.28. The third-order valence-electron chi connectivity index (χ3n) is 3.91. The monoisotopic (exact) mass is 425 g/mol. The summed E-state index contributed by atoms with van der Waals surface area (Å²) in [4.78, 5) is 12.5. The van der Waals surface area contributed by atoms with Crippen molar-refractivity contribution in [3.05, 3.63) is 64.4 Å². The van der Waals surface area contributed by atoms with Crippen LogP contribution >= 0.6 is 11.6 Å². The molecule has 0 radical (unpaired) electrons. The Balaban J connectivity index is 1.73. The van der Waals surface area contributed by atoms with E-state index in [1.165, 1.54) is 12.1 Å². The first-order valence-corrected chi connectivity index (χ1v) is 8.81. The van der Waals surface area contributed by atoms with Crippen LogP contribution in [0.1, 0.15) is 28.7 Å². The Hall–Kier alpha value is -3.14. The Bertz CT molecular complexity index is 1020. The molecule has 0 aliphatic rings.